The highest BCUT2D eigenvalue weighted by atomic mass is 16.6. The number of carbonyl (C=O) groups excluding carboxylic acids is 2. The van der Waals surface area contributed by atoms with Gasteiger partial charge in [0.1, 0.15) is 11.4 Å². The lowest BCUT2D eigenvalue weighted by Gasteiger charge is -2.33. The van der Waals surface area contributed by atoms with Crippen LogP contribution in [0.4, 0.5) is 4.79 Å². The molecule has 1 fully saturated rings. The number of rotatable bonds is 5. The first-order chi connectivity index (χ1) is 12.3. The number of esters is 1. The van der Waals surface area contributed by atoms with Crippen molar-refractivity contribution < 1.29 is 23.8 Å². The van der Waals surface area contributed by atoms with Gasteiger partial charge in [-0.05, 0) is 70.2 Å². The Morgan fingerprint density at radius 1 is 1.12 bits per heavy atom. The Balaban J connectivity index is 1.69. The Morgan fingerprint density at radius 3 is 2.27 bits per heavy atom. The molecule has 144 valence electrons. The van der Waals surface area contributed by atoms with Crippen LogP contribution in [0.3, 0.4) is 0 Å². The smallest absolute Gasteiger partial charge is 0.410 e. The molecule has 0 unspecified atom stereocenters. The molecule has 1 aromatic carbocycles. The first-order valence-corrected chi connectivity index (χ1v) is 9.07. The SMILES string of the molecule is COC(=O)c1ccc(OCCC2CCN(C(=O)OC(C)(C)C)CC2)cc1. The number of likely N-dealkylation sites (tertiary alicyclic amines) is 1. The molecule has 0 bridgehead atoms. The van der Waals surface area contributed by atoms with E-state index in [1.807, 2.05) is 20.8 Å². The average molecular weight is 363 g/mol. The molecule has 1 saturated heterocycles. The summed E-state index contributed by atoms with van der Waals surface area (Å²) >= 11 is 0. The lowest BCUT2D eigenvalue weighted by Crippen LogP contribution is -2.41. The van der Waals surface area contributed by atoms with Crippen molar-refractivity contribution in [3.63, 3.8) is 0 Å². The number of nitrogens with zero attached hydrogens (tertiary/aromatic N) is 1. The van der Waals surface area contributed by atoms with Gasteiger partial charge in [-0.1, -0.05) is 0 Å². The van der Waals surface area contributed by atoms with Gasteiger partial charge >= 0.3 is 12.1 Å². The predicted octanol–water partition coefficient (Wildman–Crippen LogP) is 3.89. The van der Waals surface area contributed by atoms with Crippen LogP contribution in [-0.4, -0.2) is 49.4 Å². The molecule has 2 rings (SSSR count). The molecule has 0 atom stereocenters. The van der Waals surface area contributed by atoms with Gasteiger partial charge in [0.15, 0.2) is 0 Å². The zero-order chi connectivity index (χ0) is 19.2. The zero-order valence-corrected chi connectivity index (χ0v) is 16.1. The largest absolute Gasteiger partial charge is 0.494 e. The van der Waals surface area contributed by atoms with Crippen LogP contribution in [0, 0.1) is 5.92 Å². The van der Waals surface area contributed by atoms with Gasteiger partial charge in [0.25, 0.3) is 0 Å². The fourth-order valence-corrected chi connectivity index (χ4v) is 2.88. The highest BCUT2D eigenvalue weighted by molar-refractivity contribution is 5.89. The second-order valence-electron chi connectivity index (χ2n) is 7.56. The highest BCUT2D eigenvalue weighted by Crippen LogP contribution is 2.23. The lowest BCUT2D eigenvalue weighted by molar-refractivity contribution is 0.0177. The zero-order valence-electron chi connectivity index (χ0n) is 16.1. The molecule has 6 heteroatoms. The van der Waals surface area contributed by atoms with Crippen molar-refractivity contribution in [2.24, 2.45) is 5.92 Å². The number of hydrogen-bond donors (Lipinski definition) is 0. The van der Waals surface area contributed by atoms with Crippen molar-refractivity contribution in [2.45, 2.75) is 45.6 Å². The summed E-state index contributed by atoms with van der Waals surface area (Å²) in [5, 5.41) is 0. The van der Waals surface area contributed by atoms with Gasteiger partial charge in [0, 0.05) is 13.1 Å². The Bertz CT molecular complexity index is 598. The van der Waals surface area contributed by atoms with E-state index in [4.69, 9.17) is 9.47 Å². The number of amides is 1. The third kappa shape index (κ3) is 6.24. The van der Waals surface area contributed by atoms with E-state index in [0.29, 0.717) is 18.1 Å². The summed E-state index contributed by atoms with van der Waals surface area (Å²) in [4.78, 5) is 25.2. The summed E-state index contributed by atoms with van der Waals surface area (Å²) in [6.07, 6.45) is 2.65. The molecular formula is C20H29NO5. The molecular weight excluding hydrogens is 334 g/mol. The molecule has 1 amide bonds. The van der Waals surface area contributed by atoms with Crippen molar-refractivity contribution >= 4 is 12.1 Å². The van der Waals surface area contributed by atoms with Crippen molar-refractivity contribution in [1.29, 1.82) is 0 Å². The monoisotopic (exact) mass is 363 g/mol. The number of piperidine rings is 1. The van der Waals surface area contributed by atoms with Gasteiger partial charge in [-0.25, -0.2) is 9.59 Å². The Morgan fingerprint density at radius 2 is 1.73 bits per heavy atom. The van der Waals surface area contributed by atoms with Crippen molar-refractivity contribution in [2.75, 3.05) is 26.8 Å². The third-order valence-corrected chi connectivity index (χ3v) is 4.34. The second-order valence-corrected chi connectivity index (χ2v) is 7.56. The van der Waals surface area contributed by atoms with Gasteiger partial charge in [-0.2, -0.15) is 0 Å². The van der Waals surface area contributed by atoms with Crippen molar-refractivity contribution in [3.8, 4) is 5.75 Å². The average Bonchev–Trinajstić information content (AvgIpc) is 2.61. The number of benzene rings is 1. The molecule has 1 aliphatic rings. The van der Waals surface area contributed by atoms with Gasteiger partial charge in [0.05, 0.1) is 19.3 Å². The first-order valence-electron chi connectivity index (χ1n) is 9.07. The van der Waals surface area contributed by atoms with Gasteiger partial charge in [-0.3, -0.25) is 0 Å². The Hall–Kier alpha value is -2.24. The molecule has 0 N–H and O–H groups in total. The van der Waals surface area contributed by atoms with E-state index in [-0.39, 0.29) is 12.1 Å². The predicted molar refractivity (Wildman–Crippen MR) is 98.4 cm³/mol. The van der Waals surface area contributed by atoms with Gasteiger partial charge < -0.3 is 19.1 Å². The molecule has 0 aliphatic carbocycles. The number of hydrogen-bond acceptors (Lipinski definition) is 5. The van der Waals surface area contributed by atoms with Crippen LogP contribution in [0.2, 0.25) is 0 Å². The van der Waals surface area contributed by atoms with Crippen LogP contribution >= 0.6 is 0 Å². The van der Waals surface area contributed by atoms with Crippen molar-refractivity contribution in [3.05, 3.63) is 29.8 Å². The van der Waals surface area contributed by atoms with E-state index in [2.05, 4.69) is 4.74 Å². The standard InChI is InChI=1S/C20H29NO5/c1-20(2,3)26-19(23)21-12-9-15(10-13-21)11-14-25-17-7-5-16(6-8-17)18(22)24-4/h5-8,15H,9-14H2,1-4H3. The third-order valence-electron chi connectivity index (χ3n) is 4.34. The van der Waals surface area contributed by atoms with E-state index < -0.39 is 5.60 Å². The Kier molecular flexibility index (Phi) is 6.89. The summed E-state index contributed by atoms with van der Waals surface area (Å²) in [6.45, 7) is 7.72. The number of carbonyl (C=O) groups is 2. The molecule has 0 spiro atoms. The molecule has 26 heavy (non-hydrogen) atoms. The summed E-state index contributed by atoms with van der Waals surface area (Å²) in [7, 11) is 1.36. The fourth-order valence-electron chi connectivity index (χ4n) is 2.88. The molecule has 0 aromatic heterocycles. The highest BCUT2D eigenvalue weighted by Gasteiger charge is 2.26. The number of methoxy groups -OCH3 is 1. The van der Waals surface area contributed by atoms with Crippen LogP contribution in [0.25, 0.3) is 0 Å². The topological polar surface area (TPSA) is 65.1 Å². The van der Waals surface area contributed by atoms with Gasteiger partial charge in [0.2, 0.25) is 0 Å². The summed E-state index contributed by atoms with van der Waals surface area (Å²) in [5.41, 5.74) is 0.0555. The lowest BCUT2D eigenvalue weighted by atomic mass is 9.94. The normalized spacial score (nSPS) is 15.5. The van der Waals surface area contributed by atoms with Crippen LogP contribution in [0.1, 0.15) is 50.4 Å². The maximum atomic E-state index is 12.1. The first kappa shape index (κ1) is 20.1. The van der Waals surface area contributed by atoms with E-state index in [1.54, 1.807) is 29.2 Å². The van der Waals surface area contributed by atoms with E-state index in [1.165, 1.54) is 7.11 Å². The van der Waals surface area contributed by atoms with E-state index in [9.17, 15) is 9.59 Å². The summed E-state index contributed by atoms with van der Waals surface area (Å²) in [5.74, 6) is 0.931. The number of ether oxygens (including phenoxy) is 3. The molecule has 1 aliphatic heterocycles. The minimum absolute atomic E-state index is 0.224. The molecule has 1 heterocycles. The van der Waals surface area contributed by atoms with Crippen LogP contribution in [-0.2, 0) is 9.47 Å². The minimum Gasteiger partial charge on any atom is -0.494 e. The fraction of sp³-hybridized carbons (Fsp3) is 0.600. The second kappa shape index (κ2) is 8.92. The van der Waals surface area contributed by atoms with Crippen LogP contribution in [0.15, 0.2) is 24.3 Å². The van der Waals surface area contributed by atoms with Gasteiger partial charge in [-0.15, -0.1) is 0 Å². The Labute approximate surface area is 155 Å². The molecule has 0 saturated carbocycles. The van der Waals surface area contributed by atoms with Crippen molar-refractivity contribution in [1.82, 2.24) is 4.90 Å². The van der Waals surface area contributed by atoms with Crippen LogP contribution < -0.4 is 4.74 Å². The van der Waals surface area contributed by atoms with E-state index >= 15 is 0 Å². The maximum absolute atomic E-state index is 12.1. The quantitative estimate of drug-likeness (QED) is 0.743. The summed E-state index contributed by atoms with van der Waals surface area (Å²) in [6, 6.07) is 6.94. The summed E-state index contributed by atoms with van der Waals surface area (Å²) < 4.78 is 15.8. The molecule has 6 nitrogen and oxygen atoms in total. The van der Waals surface area contributed by atoms with Crippen LogP contribution in [0.5, 0.6) is 5.75 Å². The molecule has 0 radical (unpaired) electrons. The maximum Gasteiger partial charge on any atom is 0.410 e. The minimum atomic E-state index is -0.453. The molecule has 1 aromatic rings. The van der Waals surface area contributed by atoms with E-state index in [0.717, 1.165) is 38.1 Å².